The fourth-order valence-corrected chi connectivity index (χ4v) is 5.40. The van der Waals surface area contributed by atoms with Crippen LogP contribution in [0.2, 0.25) is 0 Å². The number of aliphatic hydroxyl groups is 1. The van der Waals surface area contributed by atoms with Crippen LogP contribution >= 0.6 is 0 Å². The molecule has 1 aliphatic heterocycles. The molecule has 1 amide bonds. The molecule has 0 bridgehead atoms. The highest BCUT2D eigenvalue weighted by Gasteiger charge is 2.40. The minimum atomic E-state index is -0.575. The lowest BCUT2D eigenvalue weighted by atomic mass is 9.75. The summed E-state index contributed by atoms with van der Waals surface area (Å²) in [5.41, 5.74) is 0.647. The van der Waals surface area contributed by atoms with E-state index >= 15 is 0 Å². The molecule has 4 atom stereocenters. The summed E-state index contributed by atoms with van der Waals surface area (Å²) in [5.74, 6) is -1.73. The maximum Gasteiger partial charge on any atom is 0.207 e. The van der Waals surface area contributed by atoms with Crippen LogP contribution in [-0.2, 0) is 27.2 Å². The van der Waals surface area contributed by atoms with Crippen molar-refractivity contribution in [3.63, 3.8) is 0 Å². The summed E-state index contributed by atoms with van der Waals surface area (Å²) in [4.78, 5) is 48.0. The highest BCUT2D eigenvalue weighted by atomic mass is 16.5. The van der Waals surface area contributed by atoms with Gasteiger partial charge in [0, 0.05) is 29.2 Å². The number of methoxy groups -OCH3 is 1. The van der Waals surface area contributed by atoms with Crippen LogP contribution in [0.3, 0.4) is 0 Å². The molecule has 0 spiro atoms. The molecule has 2 aromatic rings. The Kier molecular flexibility index (Phi) is 12.7. The smallest absolute Gasteiger partial charge is 0.207 e. The number of nitrogens with one attached hydrogen (secondary N) is 1. The number of fused-ring (bicyclic) bond motifs is 3. The van der Waals surface area contributed by atoms with Gasteiger partial charge in [0.15, 0.2) is 5.78 Å². The van der Waals surface area contributed by atoms with Gasteiger partial charge in [0.1, 0.15) is 29.1 Å². The molecule has 0 radical (unpaired) electrons. The number of carbonyl (C=O) groups is 4. The summed E-state index contributed by atoms with van der Waals surface area (Å²) in [7, 11) is 1.40. The summed E-state index contributed by atoms with van der Waals surface area (Å²) in [6.45, 7) is 11.9. The highest BCUT2D eigenvalue weighted by molar-refractivity contribution is 6.31. The van der Waals surface area contributed by atoms with E-state index in [1.54, 1.807) is 19.1 Å². The van der Waals surface area contributed by atoms with Crippen LogP contribution in [0.25, 0.3) is 0 Å². The third-order valence-electron chi connectivity index (χ3n) is 7.58. The van der Waals surface area contributed by atoms with Gasteiger partial charge in [-0.1, -0.05) is 39.8 Å². The number of aliphatic hydroxyl groups excluding tert-OH is 1. The molecular weight excluding hydrogens is 542 g/mol. The minimum Gasteiger partial charge on any atom is -0.507 e. The van der Waals surface area contributed by atoms with Gasteiger partial charge < -0.3 is 30.1 Å². The fourth-order valence-electron chi connectivity index (χ4n) is 5.40. The second-order valence-corrected chi connectivity index (χ2v) is 9.74. The van der Waals surface area contributed by atoms with Crippen LogP contribution in [0, 0.1) is 5.92 Å². The Morgan fingerprint density at radius 2 is 1.62 bits per heavy atom. The summed E-state index contributed by atoms with van der Waals surface area (Å²) in [6, 6.07) is 4.52. The lowest BCUT2D eigenvalue weighted by molar-refractivity contribution is -0.121. The third-order valence-corrected chi connectivity index (χ3v) is 7.58. The maximum atomic E-state index is 13.1. The quantitative estimate of drug-likeness (QED) is 0.263. The first kappa shape index (κ1) is 34.4. The number of ether oxygens (including phenoxy) is 2. The Morgan fingerprint density at radius 3 is 2.21 bits per heavy atom. The molecule has 4 N–H and O–H groups in total. The van der Waals surface area contributed by atoms with E-state index in [9.17, 15) is 34.5 Å². The summed E-state index contributed by atoms with van der Waals surface area (Å²) in [6.07, 6.45) is 1.66. The predicted octanol–water partition coefficient (Wildman–Crippen LogP) is 3.90. The molecule has 230 valence electrons. The van der Waals surface area contributed by atoms with E-state index in [4.69, 9.17) is 9.47 Å². The van der Waals surface area contributed by atoms with E-state index in [0.29, 0.717) is 43.4 Å². The summed E-state index contributed by atoms with van der Waals surface area (Å²) < 4.78 is 10.4. The number of carbonyl (C=O) groups excluding carboxylic acids is 4. The van der Waals surface area contributed by atoms with Crippen molar-refractivity contribution in [3.05, 3.63) is 51.6 Å². The molecule has 10 nitrogen and oxygen atoms in total. The average molecular weight is 586 g/mol. The lowest BCUT2D eigenvalue weighted by Gasteiger charge is -2.32. The molecule has 1 heterocycles. The van der Waals surface area contributed by atoms with Crippen LogP contribution in [0.4, 0.5) is 0 Å². The molecular formula is C32H43NO9. The van der Waals surface area contributed by atoms with Gasteiger partial charge in [0.2, 0.25) is 12.2 Å². The number of hydrogen-bond donors (Lipinski definition) is 4. The molecule has 42 heavy (non-hydrogen) atoms. The van der Waals surface area contributed by atoms with Crippen molar-refractivity contribution in [1.82, 2.24) is 5.32 Å². The Hall–Kier alpha value is -3.76. The molecule has 0 saturated carbocycles. The van der Waals surface area contributed by atoms with E-state index in [0.717, 1.165) is 0 Å². The molecule has 2 aromatic carbocycles. The molecule has 3 aliphatic rings. The number of phenols is 2. The number of rotatable bonds is 4. The topological polar surface area (TPSA) is 159 Å². The van der Waals surface area contributed by atoms with Crippen molar-refractivity contribution in [2.75, 3.05) is 13.7 Å². The summed E-state index contributed by atoms with van der Waals surface area (Å²) in [5, 5.41) is 33.6. The van der Waals surface area contributed by atoms with Gasteiger partial charge in [0.05, 0.1) is 35.9 Å². The molecule has 4 unspecified atom stereocenters. The van der Waals surface area contributed by atoms with E-state index in [2.05, 4.69) is 5.32 Å². The second-order valence-electron chi connectivity index (χ2n) is 9.74. The van der Waals surface area contributed by atoms with Gasteiger partial charge in [-0.15, -0.1) is 0 Å². The van der Waals surface area contributed by atoms with Crippen LogP contribution in [-0.4, -0.2) is 71.0 Å². The Balaban J connectivity index is 0.000000345. The van der Waals surface area contributed by atoms with Crippen LogP contribution in [0.5, 0.6) is 17.2 Å². The monoisotopic (exact) mass is 585 g/mol. The molecule has 1 saturated heterocycles. The number of hydrogen-bond acceptors (Lipinski definition) is 9. The van der Waals surface area contributed by atoms with E-state index < -0.39 is 17.7 Å². The third kappa shape index (κ3) is 6.65. The van der Waals surface area contributed by atoms with Gasteiger partial charge in [-0.05, 0) is 45.6 Å². The largest absolute Gasteiger partial charge is 0.507 e. The Bertz CT molecular complexity index is 1300. The first-order chi connectivity index (χ1) is 20.1. The second kappa shape index (κ2) is 15.5. The number of ketones is 3. The molecule has 1 fully saturated rings. The zero-order valence-electron chi connectivity index (χ0n) is 25.4. The summed E-state index contributed by atoms with van der Waals surface area (Å²) >= 11 is 0. The van der Waals surface area contributed by atoms with Crippen LogP contribution < -0.4 is 10.1 Å². The van der Waals surface area contributed by atoms with Gasteiger partial charge in [0.25, 0.3) is 0 Å². The number of aromatic hydroxyl groups is 2. The Labute approximate surface area is 247 Å². The molecule has 0 aromatic heterocycles. The van der Waals surface area contributed by atoms with E-state index in [1.165, 1.54) is 20.1 Å². The first-order valence-corrected chi connectivity index (χ1v) is 14.5. The van der Waals surface area contributed by atoms with Gasteiger partial charge in [-0.25, -0.2) is 0 Å². The van der Waals surface area contributed by atoms with Crippen molar-refractivity contribution in [3.8, 4) is 17.2 Å². The van der Waals surface area contributed by atoms with Gasteiger partial charge >= 0.3 is 0 Å². The van der Waals surface area contributed by atoms with Crippen molar-refractivity contribution in [2.45, 2.75) is 85.5 Å². The van der Waals surface area contributed by atoms with Crippen LogP contribution in [0.15, 0.2) is 18.2 Å². The van der Waals surface area contributed by atoms with Crippen LogP contribution in [0.1, 0.15) is 97.4 Å². The minimum absolute atomic E-state index is 0.00487. The average Bonchev–Trinajstić information content (AvgIpc) is 3.01. The lowest BCUT2D eigenvalue weighted by Crippen LogP contribution is -2.50. The number of amides is 1. The van der Waals surface area contributed by atoms with Crippen molar-refractivity contribution in [2.24, 2.45) is 5.92 Å². The van der Waals surface area contributed by atoms with Gasteiger partial charge in [-0.3, -0.25) is 19.2 Å². The van der Waals surface area contributed by atoms with Crippen molar-refractivity contribution >= 4 is 23.8 Å². The maximum absolute atomic E-state index is 13.1. The highest BCUT2D eigenvalue weighted by Crippen LogP contribution is 2.47. The normalized spacial score (nSPS) is 21.7. The zero-order valence-corrected chi connectivity index (χ0v) is 25.4. The fraction of sp³-hybridized carbons (Fsp3) is 0.500. The van der Waals surface area contributed by atoms with Crippen molar-refractivity contribution in [1.29, 1.82) is 0 Å². The standard InChI is InChI=1S/C21H18O6.C7H13NO3.2C2H6/c1-9(22)10-6-7-11-13(8-10)20(25)16-17(18(11)23)21(26)15-12(19(16)24)4-3-5-14(15)27-2;1-5-7(10)6(8-4-9)2-3-11-5;2*1-2/h3-5,10,23,25H,6-8H2,1-2H3;4-7,10H,2-3H2,1H3,(H,8,9);2*1-2H3. The molecule has 5 rings (SSSR count). The molecule has 10 heteroatoms. The van der Waals surface area contributed by atoms with Gasteiger partial charge in [-0.2, -0.15) is 0 Å². The Morgan fingerprint density at radius 1 is 1.00 bits per heavy atom. The van der Waals surface area contributed by atoms with Crippen molar-refractivity contribution < 1.29 is 44.0 Å². The van der Waals surface area contributed by atoms with E-state index in [-0.39, 0.29) is 69.8 Å². The number of phenolic OH excluding ortho intramolecular Hbond substituents is 2. The number of Topliss-reactive ketones (excluding diaryl/α,β-unsaturated/α-hetero) is 1. The van der Waals surface area contributed by atoms with E-state index in [1.807, 2.05) is 27.7 Å². The number of benzene rings is 2. The first-order valence-electron chi connectivity index (χ1n) is 14.5. The molecule has 2 aliphatic carbocycles. The SMILES string of the molecule is CC.CC.CC1OCCC(NC=O)C1O.COc1cccc2c1C(=O)c1c(O)c3c(c(O)c1C2=O)CC(C(C)=O)CC3. The predicted molar refractivity (Wildman–Crippen MR) is 158 cm³/mol. The zero-order chi connectivity index (χ0) is 31.7.